The van der Waals surface area contributed by atoms with Gasteiger partial charge in [-0.1, -0.05) is 0 Å². The highest BCUT2D eigenvalue weighted by Gasteiger charge is 2.10. The van der Waals surface area contributed by atoms with E-state index in [-0.39, 0.29) is 17.9 Å². The molecular formula is C11H22N2O3. The molecule has 0 aromatic heterocycles. The van der Waals surface area contributed by atoms with Crippen LogP contribution in [0.5, 0.6) is 0 Å². The zero-order chi connectivity index (χ0) is 12.4. The molecule has 5 heteroatoms. The lowest BCUT2D eigenvalue weighted by Gasteiger charge is -2.12. The number of amides is 1. The lowest BCUT2D eigenvalue weighted by Crippen LogP contribution is -2.42. The molecule has 0 aliphatic rings. The highest BCUT2D eigenvalue weighted by molar-refractivity contribution is 5.81. The predicted molar refractivity (Wildman–Crippen MR) is 62.0 cm³/mol. The predicted octanol–water partition coefficient (Wildman–Crippen LogP) is 0.444. The van der Waals surface area contributed by atoms with E-state index in [2.05, 4.69) is 10.6 Å². The largest absolute Gasteiger partial charge is 0.466 e. The van der Waals surface area contributed by atoms with E-state index in [0.717, 1.165) is 0 Å². The van der Waals surface area contributed by atoms with Gasteiger partial charge < -0.3 is 15.4 Å². The number of hydrogen-bond acceptors (Lipinski definition) is 4. The maximum Gasteiger partial charge on any atom is 0.305 e. The summed E-state index contributed by atoms with van der Waals surface area (Å²) in [5.41, 5.74) is 0. The van der Waals surface area contributed by atoms with E-state index in [1.165, 1.54) is 0 Å². The summed E-state index contributed by atoms with van der Waals surface area (Å²) in [6.45, 7) is 7.15. The Morgan fingerprint density at radius 2 is 2.00 bits per heavy atom. The minimum Gasteiger partial charge on any atom is -0.466 e. The van der Waals surface area contributed by atoms with Crippen molar-refractivity contribution in [3.63, 3.8) is 0 Å². The molecule has 0 fully saturated rings. The summed E-state index contributed by atoms with van der Waals surface area (Å²) < 4.78 is 4.79. The van der Waals surface area contributed by atoms with Crippen LogP contribution in [0.3, 0.4) is 0 Å². The average Bonchev–Trinajstić information content (AvgIpc) is 2.24. The second-order valence-corrected chi connectivity index (χ2v) is 3.48. The lowest BCUT2D eigenvalue weighted by molar-refractivity contribution is -0.143. The first-order valence-electron chi connectivity index (χ1n) is 5.78. The molecule has 0 heterocycles. The fourth-order valence-electron chi connectivity index (χ4n) is 1.20. The van der Waals surface area contributed by atoms with Crippen molar-refractivity contribution in [2.75, 3.05) is 19.7 Å². The third kappa shape index (κ3) is 7.23. The monoisotopic (exact) mass is 230 g/mol. The van der Waals surface area contributed by atoms with Crippen molar-refractivity contribution >= 4 is 11.9 Å². The van der Waals surface area contributed by atoms with Gasteiger partial charge in [0.15, 0.2) is 0 Å². The van der Waals surface area contributed by atoms with Gasteiger partial charge in [-0.3, -0.25) is 9.59 Å². The van der Waals surface area contributed by atoms with Crippen LogP contribution < -0.4 is 10.6 Å². The lowest BCUT2D eigenvalue weighted by atomic mass is 10.2. The molecule has 0 aromatic rings. The van der Waals surface area contributed by atoms with Gasteiger partial charge in [0.1, 0.15) is 0 Å². The molecule has 16 heavy (non-hydrogen) atoms. The number of rotatable bonds is 8. The van der Waals surface area contributed by atoms with Crippen LogP contribution in [0.15, 0.2) is 0 Å². The van der Waals surface area contributed by atoms with E-state index in [4.69, 9.17) is 4.74 Å². The quantitative estimate of drug-likeness (QED) is 0.469. The number of hydrogen-bond donors (Lipinski definition) is 2. The molecule has 1 amide bonds. The summed E-state index contributed by atoms with van der Waals surface area (Å²) in [5.74, 6) is -0.200. The van der Waals surface area contributed by atoms with Gasteiger partial charge in [-0.2, -0.15) is 0 Å². The van der Waals surface area contributed by atoms with Crippen LogP contribution in [-0.2, 0) is 14.3 Å². The number of carbonyl (C=O) groups excluding carboxylic acids is 2. The maximum atomic E-state index is 11.3. The van der Waals surface area contributed by atoms with Gasteiger partial charge in [-0.15, -0.1) is 0 Å². The molecule has 0 aromatic carbocycles. The van der Waals surface area contributed by atoms with Crippen LogP contribution in [-0.4, -0.2) is 37.6 Å². The molecule has 0 saturated carbocycles. The van der Waals surface area contributed by atoms with E-state index in [1.807, 2.05) is 6.92 Å². The fraction of sp³-hybridized carbons (Fsp3) is 0.818. The molecule has 0 spiro atoms. The van der Waals surface area contributed by atoms with Crippen LogP contribution >= 0.6 is 0 Å². The Labute approximate surface area is 96.9 Å². The first kappa shape index (κ1) is 14.9. The van der Waals surface area contributed by atoms with Crippen LogP contribution in [0, 0.1) is 0 Å². The normalized spacial score (nSPS) is 11.9. The maximum absolute atomic E-state index is 11.3. The minimum atomic E-state index is -0.220. The topological polar surface area (TPSA) is 67.4 Å². The smallest absolute Gasteiger partial charge is 0.305 e. The molecule has 5 nitrogen and oxygen atoms in total. The Hall–Kier alpha value is -1.10. The van der Waals surface area contributed by atoms with E-state index in [1.54, 1.807) is 13.8 Å². The minimum absolute atomic E-state index is 0.0152. The van der Waals surface area contributed by atoms with Gasteiger partial charge in [0, 0.05) is 13.0 Å². The number of ether oxygens (including phenoxy) is 1. The van der Waals surface area contributed by atoms with Crippen LogP contribution in [0.25, 0.3) is 0 Å². The van der Waals surface area contributed by atoms with Gasteiger partial charge >= 0.3 is 5.97 Å². The standard InChI is InChI=1S/C11H22N2O3/c1-4-12-11(15)9(3)13-8-6-7-10(14)16-5-2/h9,13H,4-8H2,1-3H3,(H,12,15). The summed E-state index contributed by atoms with van der Waals surface area (Å²) in [7, 11) is 0. The highest BCUT2D eigenvalue weighted by atomic mass is 16.5. The van der Waals surface area contributed by atoms with Crippen LogP contribution in [0.2, 0.25) is 0 Å². The second-order valence-electron chi connectivity index (χ2n) is 3.48. The Morgan fingerprint density at radius 1 is 1.31 bits per heavy atom. The van der Waals surface area contributed by atoms with Gasteiger partial charge in [-0.25, -0.2) is 0 Å². The SMILES string of the molecule is CCNC(=O)C(C)NCCCC(=O)OCC. The second kappa shape index (κ2) is 9.15. The Morgan fingerprint density at radius 3 is 2.56 bits per heavy atom. The third-order valence-electron chi connectivity index (χ3n) is 2.06. The van der Waals surface area contributed by atoms with Crippen molar-refractivity contribution < 1.29 is 14.3 Å². The number of carbonyl (C=O) groups is 2. The van der Waals surface area contributed by atoms with Crippen molar-refractivity contribution in [3.05, 3.63) is 0 Å². The van der Waals surface area contributed by atoms with E-state index in [9.17, 15) is 9.59 Å². The summed E-state index contributed by atoms with van der Waals surface area (Å²) in [6, 6.07) is -0.220. The van der Waals surface area contributed by atoms with Gasteiger partial charge in [0.25, 0.3) is 0 Å². The van der Waals surface area contributed by atoms with Gasteiger partial charge in [0.2, 0.25) is 5.91 Å². The molecule has 1 unspecified atom stereocenters. The molecule has 0 aliphatic carbocycles. The highest BCUT2D eigenvalue weighted by Crippen LogP contribution is 1.92. The van der Waals surface area contributed by atoms with Crippen LogP contribution in [0.1, 0.15) is 33.6 Å². The molecule has 0 rings (SSSR count). The molecule has 2 N–H and O–H groups in total. The molecule has 0 radical (unpaired) electrons. The zero-order valence-corrected chi connectivity index (χ0v) is 10.3. The summed E-state index contributed by atoms with van der Waals surface area (Å²) in [5, 5.41) is 5.77. The summed E-state index contributed by atoms with van der Waals surface area (Å²) in [4.78, 5) is 22.3. The van der Waals surface area contributed by atoms with E-state index < -0.39 is 0 Å². The molecule has 0 aliphatic heterocycles. The molecule has 0 saturated heterocycles. The fourth-order valence-corrected chi connectivity index (χ4v) is 1.20. The third-order valence-corrected chi connectivity index (χ3v) is 2.06. The molecule has 1 atom stereocenters. The van der Waals surface area contributed by atoms with E-state index in [0.29, 0.717) is 32.5 Å². The molecule has 0 bridgehead atoms. The Balaban J connectivity index is 3.51. The van der Waals surface area contributed by atoms with E-state index >= 15 is 0 Å². The summed E-state index contributed by atoms with van der Waals surface area (Å²) in [6.07, 6.45) is 1.07. The number of likely N-dealkylation sites (N-methyl/N-ethyl adjacent to an activating group) is 1. The van der Waals surface area contributed by atoms with Crippen molar-refractivity contribution in [2.24, 2.45) is 0 Å². The summed E-state index contributed by atoms with van der Waals surface area (Å²) >= 11 is 0. The molecule has 94 valence electrons. The van der Waals surface area contributed by atoms with Crippen molar-refractivity contribution in [2.45, 2.75) is 39.7 Å². The first-order valence-corrected chi connectivity index (χ1v) is 5.78. The van der Waals surface area contributed by atoms with Gasteiger partial charge in [0.05, 0.1) is 12.6 Å². The number of nitrogens with one attached hydrogen (secondary N) is 2. The van der Waals surface area contributed by atoms with Crippen molar-refractivity contribution in [1.82, 2.24) is 10.6 Å². The Bertz CT molecular complexity index is 219. The first-order chi connectivity index (χ1) is 7.61. The Kier molecular flexibility index (Phi) is 8.52. The van der Waals surface area contributed by atoms with Crippen molar-refractivity contribution in [3.8, 4) is 0 Å². The van der Waals surface area contributed by atoms with Crippen LogP contribution in [0.4, 0.5) is 0 Å². The average molecular weight is 230 g/mol. The zero-order valence-electron chi connectivity index (χ0n) is 10.3. The number of esters is 1. The van der Waals surface area contributed by atoms with Crippen molar-refractivity contribution in [1.29, 1.82) is 0 Å². The van der Waals surface area contributed by atoms with Gasteiger partial charge in [-0.05, 0) is 33.7 Å². The molecular weight excluding hydrogens is 208 g/mol.